The van der Waals surface area contributed by atoms with Gasteiger partial charge in [-0.15, -0.1) is 0 Å². The molecule has 7 heteroatoms. The lowest BCUT2D eigenvalue weighted by Gasteiger charge is -2.12. The maximum absolute atomic E-state index is 13.0. The Bertz CT molecular complexity index is 1390. The highest BCUT2D eigenvalue weighted by atomic mass is 35.5. The first-order valence-electron chi connectivity index (χ1n) is 10.3. The lowest BCUT2D eigenvalue weighted by Crippen LogP contribution is -2.27. The summed E-state index contributed by atoms with van der Waals surface area (Å²) in [5.74, 6) is -0.278. The molecule has 0 spiro atoms. The molecule has 0 radical (unpaired) electrons. The fourth-order valence-corrected chi connectivity index (χ4v) is 5.26. The largest absolute Gasteiger partial charge is 0.342 e. The number of nitrogens with zero attached hydrogens (tertiary/aromatic N) is 2. The summed E-state index contributed by atoms with van der Waals surface area (Å²) in [5, 5.41) is 1.92. The summed E-state index contributed by atoms with van der Waals surface area (Å²) in [5.41, 5.74) is 3.59. The Hall–Kier alpha value is -2.99. The van der Waals surface area contributed by atoms with Crippen LogP contribution in [0, 0.1) is 0 Å². The second-order valence-corrected chi connectivity index (χ2v) is 9.49. The van der Waals surface area contributed by atoms with Gasteiger partial charge in [0.1, 0.15) is 0 Å². The predicted octanol–water partition coefficient (Wildman–Crippen LogP) is 7.23. The van der Waals surface area contributed by atoms with Gasteiger partial charge in [-0.05, 0) is 41.6 Å². The highest BCUT2D eigenvalue weighted by Crippen LogP contribution is 2.35. The van der Waals surface area contributed by atoms with Gasteiger partial charge in [0.15, 0.2) is 0 Å². The number of fused-ring (bicyclic) bond motifs is 1. The molecule has 5 rings (SSSR count). The minimum Gasteiger partial charge on any atom is -0.342 e. The van der Waals surface area contributed by atoms with E-state index < -0.39 is 0 Å². The molecule has 3 aromatic carbocycles. The molecule has 1 saturated heterocycles. The van der Waals surface area contributed by atoms with Crippen LogP contribution in [0.3, 0.4) is 0 Å². The first-order valence-corrected chi connectivity index (χ1v) is 11.9. The molecule has 1 aliphatic heterocycles. The number of hydrogen-bond acceptors (Lipinski definition) is 3. The summed E-state index contributed by atoms with van der Waals surface area (Å²) < 4.78 is 2.06. The topological polar surface area (TPSA) is 42.3 Å². The summed E-state index contributed by atoms with van der Waals surface area (Å²) in [6.45, 7) is 0.748. The van der Waals surface area contributed by atoms with Crippen molar-refractivity contribution in [2.45, 2.75) is 13.1 Å². The maximum atomic E-state index is 13.0. The Morgan fingerprint density at radius 1 is 0.818 bits per heavy atom. The standard InChI is InChI=1S/C26H18Cl2N2O2S/c27-21-10-6-11-22(28)20(21)16-29-15-18(19-9-4-5-12-23(19)29)13-24-25(31)30(26(32)33-24)14-17-7-2-1-3-8-17/h1-13,15H,14,16H2/b24-13-. The van der Waals surface area contributed by atoms with E-state index in [9.17, 15) is 9.59 Å². The van der Waals surface area contributed by atoms with Crippen molar-refractivity contribution in [3.63, 3.8) is 0 Å². The van der Waals surface area contributed by atoms with Crippen LogP contribution in [0.1, 0.15) is 16.7 Å². The van der Waals surface area contributed by atoms with Crippen LogP contribution in [-0.2, 0) is 17.9 Å². The highest BCUT2D eigenvalue weighted by molar-refractivity contribution is 8.18. The van der Waals surface area contributed by atoms with Gasteiger partial charge in [-0.25, -0.2) is 0 Å². The molecule has 0 aliphatic carbocycles. The average Bonchev–Trinajstić information content (AvgIpc) is 3.29. The maximum Gasteiger partial charge on any atom is 0.293 e. The summed E-state index contributed by atoms with van der Waals surface area (Å²) in [4.78, 5) is 27.3. The Kier molecular flexibility index (Phi) is 6.02. The monoisotopic (exact) mass is 492 g/mol. The molecule has 1 aromatic heterocycles. The molecule has 0 saturated carbocycles. The van der Waals surface area contributed by atoms with Crippen molar-refractivity contribution >= 4 is 63.1 Å². The fourth-order valence-electron chi connectivity index (χ4n) is 3.92. The van der Waals surface area contributed by atoms with Crippen LogP contribution in [0.15, 0.2) is 83.9 Å². The summed E-state index contributed by atoms with van der Waals surface area (Å²) in [6, 6.07) is 22.9. The van der Waals surface area contributed by atoms with E-state index in [4.69, 9.17) is 23.2 Å². The van der Waals surface area contributed by atoms with Crippen LogP contribution in [0.25, 0.3) is 17.0 Å². The molecule has 0 bridgehead atoms. The number of hydrogen-bond donors (Lipinski definition) is 0. The van der Waals surface area contributed by atoms with Gasteiger partial charge in [-0.3, -0.25) is 14.5 Å². The quantitative estimate of drug-likeness (QED) is 0.276. The van der Waals surface area contributed by atoms with Crippen LogP contribution in [0.2, 0.25) is 10.0 Å². The molecule has 2 heterocycles. The zero-order valence-electron chi connectivity index (χ0n) is 17.4. The highest BCUT2D eigenvalue weighted by Gasteiger charge is 2.35. The molecule has 164 valence electrons. The minimum atomic E-state index is -0.278. The van der Waals surface area contributed by atoms with Crippen molar-refractivity contribution in [2.75, 3.05) is 0 Å². The molecule has 0 unspecified atom stereocenters. The van der Waals surface area contributed by atoms with Crippen molar-refractivity contribution in [1.82, 2.24) is 9.47 Å². The van der Waals surface area contributed by atoms with Crippen LogP contribution in [0.4, 0.5) is 4.79 Å². The van der Waals surface area contributed by atoms with Crippen LogP contribution in [-0.4, -0.2) is 20.6 Å². The number of amides is 2. The molecule has 0 atom stereocenters. The van der Waals surface area contributed by atoms with Crippen LogP contribution < -0.4 is 0 Å². The molecule has 0 N–H and O–H groups in total. The fraction of sp³-hybridized carbons (Fsp3) is 0.0769. The summed E-state index contributed by atoms with van der Waals surface area (Å²) >= 11 is 13.8. The zero-order valence-corrected chi connectivity index (χ0v) is 19.7. The molecular formula is C26H18Cl2N2O2S. The van der Waals surface area contributed by atoms with Gasteiger partial charge in [0, 0.05) is 38.3 Å². The second kappa shape index (κ2) is 9.10. The van der Waals surface area contributed by atoms with E-state index in [-0.39, 0.29) is 17.7 Å². The summed E-state index contributed by atoms with van der Waals surface area (Å²) in [7, 11) is 0. The molecular weight excluding hydrogens is 475 g/mol. The lowest BCUT2D eigenvalue weighted by atomic mass is 10.1. The third-order valence-electron chi connectivity index (χ3n) is 5.55. The van der Waals surface area contributed by atoms with E-state index in [2.05, 4.69) is 4.57 Å². The Labute approximate surface area is 205 Å². The van der Waals surface area contributed by atoms with E-state index in [1.54, 1.807) is 6.08 Å². The SMILES string of the molecule is O=C1S/C(=C\c2cn(Cc3c(Cl)cccc3Cl)c3ccccc23)C(=O)N1Cc1ccccc1. The Morgan fingerprint density at radius 3 is 2.27 bits per heavy atom. The predicted molar refractivity (Wildman–Crippen MR) is 135 cm³/mol. The van der Waals surface area contributed by atoms with E-state index in [1.807, 2.05) is 79.0 Å². The Balaban J connectivity index is 1.49. The average molecular weight is 493 g/mol. The van der Waals surface area contributed by atoms with Crippen LogP contribution in [0.5, 0.6) is 0 Å². The van der Waals surface area contributed by atoms with Crippen molar-refractivity contribution in [3.05, 3.63) is 111 Å². The number of carbonyl (C=O) groups excluding carboxylic acids is 2. The van der Waals surface area contributed by atoms with E-state index >= 15 is 0 Å². The number of carbonyl (C=O) groups is 2. The molecule has 1 fully saturated rings. The summed E-state index contributed by atoms with van der Waals surface area (Å²) in [6.07, 6.45) is 3.76. The van der Waals surface area contributed by atoms with Crippen molar-refractivity contribution in [2.24, 2.45) is 0 Å². The first-order chi connectivity index (χ1) is 16.0. The molecule has 2 amide bonds. The lowest BCUT2D eigenvalue weighted by molar-refractivity contribution is -0.123. The number of halogens is 2. The first kappa shape index (κ1) is 21.8. The minimum absolute atomic E-state index is 0.260. The molecule has 4 nitrogen and oxygen atoms in total. The Morgan fingerprint density at radius 2 is 1.52 bits per heavy atom. The van der Waals surface area contributed by atoms with Crippen molar-refractivity contribution < 1.29 is 9.59 Å². The number of imide groups is 1. The van der Waals surface area contributed by atoms with E-state index in [1.165, 1.54) is 4.90 Å². The van der Waals surface area contributed by atoms with E-state index in [0.717, 1.165) is 39.4 Å². The number of benzene rings is 3. The van der Waals surface area contributed by atoms with Gasteiger partial charge in [0.05, 0.1) is 18.0 Å². The third-order valence-corrected chi connectivity index (χ3v) is 7.17. The van der Waals surface area contributed by atoms with Gasteiger partial charge < -0.3 is 4.57 Å². The molecule has 1 aliphatic rings. The number of para-hydroxylation sites is 1. The van der Waals surface area contributed by atoms with Gasteiger partial charge in [-0.2, -0.15) is 0 Å². The van der Waals surface area contributed by atoms with Gasteiger partial charge in [-0.1, -0.05) is 77.8 Å². The number of rotatable bonds is 5. The van der Waals surface area contributed by atoms with Crippen LogP contribution >= 0.6 is 35.0 Å². The number of aromatic nitrogens is 1. The normalized spacial score (nSPS) is 15.2. The van der Waals surface area contributed by atoms with Gasteiger partial charge in [0.2, 0.25) is 0 Å². The molecule has 4 aromatic rings. The smallest absolute Gasteiger partial charge is 0.293 e. The van der Waals surface area contributed by atoms with Gasteiger partial charge in [0.25, 0.3) is 11.1 Å². The van der Waals surface area contributed by atoms with Gasteiger partial charge >= 0.3 is 0 Å². The molecule has 33 heavy (non-hydrogen) atoms. The zero-order chi connectivity index (χ0) is 22.9. The third kappa shape index (κ3) is 4.32. The van der Waals surface area contributed by atoms with Crippen molar-refractivity contribution in [3.8, 4) is 0 Å². The van der Waals surface area contributed by atoms with E-state index in [0.29, 0.717) is 21.5 Å². The van der Waals surface area contributed by atoms with Crippen molar-refractivity contribution in [1.29, 1.82) is 0 Å². The number of thioether (sulfide) groups is 1. The second-order valence-electron chi connectivity index (χ2n) is 7.68.